The molecule has 2 N–H and O–H groups in total. The molecule has 0 radical (unpaired) electrons. The molecule has 0 unspecified atom stereocenters. The number of amides is 1. The SMILES string of the molecule is CC(C)Sc1ccccc1C(=O)N(C)CC(C)(C)CN.Cl. The van der Waals surface area contributed by atoms with Crippen molar-refractivity contribution in [3.63, 3.8) is 0 Å². The second kappa shape index (κ2) is 8.66. The molecule has 0 spiro atoms. The van der Waals surface area contributed by atoms with E-state index < -0.39 is 0 Å². The van der Waals surface area contributed by atoms with Crippen LogP contribution in [0.25, 0.3) is 0 Å². The molecule has 3 nitrogen and oxygen atoms in total. The summed E-state index contributed by atoms with van der Waals surface area (Å²) in [4.78, 5) is 15.4. The number of benzene rings is 1. The van der Waals surface area contributed by atoms with E-state index in [9.17, 15) is 4.79 Å². The molecular formula is C16H27ClN2OS. The van der Waals surface area contributed by atoms with Crippen molar-refractivity contribution in [2.75, 3.05) is 20.1 Å². The predicted molar refractivity (Wildman–Crippen MR) is 94.5 cm³/mol. The number of rotatable bonds is 6. The molecule has 0 aromatic heterocycles. The van der Waals surface area contributed by atoms with Crippen molar-refractivity contribution in [1.29, 1.82) is 0 Å². The van der Waals surface area contributed by atoms with Crippen molar-refractivity contribution in [2.45, 2.75) is 37.8 Å². The topological polar surface area (TPSA) is 46.3 Å². The molecule has 0 atom stereocenters. The summed E-state index contributed by atoms with van der Waals surface area (Å²) >= 11 is 1.72. The van der Waals surface area contributed by atoms with Crippen molar-refractivity contribution in [2.24, 2.45) is 11.1 Å². The molecular weight excluding hydrogens is 304 g/mol. The van der Waals surface area contributed by atoms with Crippen LogP contribution in [0.3, 0.4) is 0 Å². The van der Waals surface area contributed by atoms with E-state index >= 15 is 0 Å². The van der Waals surface area contributed by atoms with Gasteiger partial charge in [-0.3, -0.25) is 4.79 Å². The lowest BCUT2D eigenvalue weighted by Gasteiger charge is -2.29. The Morgan fingerprint density at radius 3 is 2.43 bits per heavy atom. The second-order valence-electron chi connectivity index (χ2n) is 6.19. The first kappa shape index (κ1) is 20.3. The lowest BCUT2D eigenvalue weighted by molar-refractivity contribution is 0.0737. The summed E-state index contributed by atoms with van der Waals surface area (Å²) in [5.74, 6) is 0.0651. The molecule has 1 amide bonds. The highest BCUT2D eigenvalue weighted by Gasteiger charge is 2.23. The Balaban J connectivity index is 0.00000400. The Kier molecular flexibility index (Phi) is 8.37. The quantitative estimate of drug-likeness (QED) is 0.809. The van der Waals surface area contributed by atoms with Crippen LogP contribution in [-0.2, 0) is 0 Å². The van der Waals surface area contributed by atoms with Gasteiger partial charge in [-0.25, -0.2) is 0 Å². The van der Waals surface area contributed by atoms with Gasteiger partial charge in [-0.15, -0.1) is 24.2 Å². The number of thioether (sulfide) groups is 1. The van der Waals surface area contributed by atoms with E-state index in [1.54, 1.807) is 16.7 Å². The van der Waals surface area contributed by atoms with E-state index in [1.165, 1.54) is 0 Å². The zero-order valence-electron chi connectivity index (χ0n) is 13.6. The van der Waals surface area contributed by atoms with Crippen LogP contribution in [0.4, 0.5) is 0 Å². The van der Waals surface area contributed by atoms with Gasteiger partial charge in [0.1, 0.15) is 0 Å². The van der Waals surface area contributed by atoms with E-state index in [-0.39, 0.29) is 23.7 Å². The largest absolute Gasteiger partial charge is 0.341 e. The number of carbonyl (C=O) groups is 1. The maximum Gasteiger partial charge on any atom is 0.254 e. The summed E-state index contributed by atoms with van der Waals surface area (Å²) in [7, 11) is 1.84. The number of hydrogen-bond donors (Lipinski definition) is 1. The van der Waals surface area contributed by atoms with E-state index in [0.717, 1.165) is 10.5 Å². The zero-order valence-corrected chi connectivity index (χ0v) is 15.2. The van der Waals surface area contributed by atoms with Crippen molar-refractivity contribution in [3.05, 3.63) is 29.8 Å². The lowest BCUT2D eigenvalue weighted by atomic mass is 9.93. The molecule has 0 aliphatic heterocycles. The monoisotopic (exact) mass is 330 g/mol. The smallest absolute Gasteiger partial charge is 0.254 e. The minimum Gasteiger partial charge on any atom is -0.341 e. The minimum atomic E-state index is -0.0649. The average molecular weight is 331 g/mol. The molecule has 0 aliphatic carbocycles. The van der Waals surface area contributed by atoms with E-state index in [0.29, 0.717) is 18.3 Å². The number of hydrogen-bond acceptors (Lipinski definition) is 3. The van der Waals surface area contributed by atoms with Crippen molar-refractivity contribution in [1.82, 2.24) is 4.90 Å². The van der Waals surface area contributed by atoms with Gasteiger partial charge in [0.2, 0.25) is 0 Å². The van der Waals surface area contributed by atoms with Crippen molar-refractivity contribution in [3.8, 4) is 0 Å². The van der Waals surface area contributed by atoms with Crippen LogP contribution in [0.2, 0.25) is 0 Å². The third-order valence-corrected chi connectivity index (χ3v) is 4.13. The van der Waals surface area contributed by atoms with Crippen LogP contribution < -0.4 is 5.73 Å². The third-order valence-electron chi connectivity index (χ3n) is 3.04. The van der Waals surface area contributed by atoms with E-state index in [4.69, 9.17) is 5.73 Å². The molecule has 0 aliphatic rings. The normalized spacial score (nSPS) is 11.2. The number of carbonyl (C=O) groups excluding carboxylic acids is 1. The fourth-order valence-corrected chi connectivity index (χ4v) is 2.93. The highest BCUT2D eigenvalue weighted by molar-refractivity contribution is 8.00. The Morgan fingerprint density at radius 1 is 1.33 bits per heavy atom. The fourth-order valence-electron chi connectivity index (χ4n) is 1.98. The first-order chi connectivity index (χ1) is 9.26. The first-order valence-electron chi connectivity index (χ1n) is 6.98. The molecule has 0 heterocycles. The fraction of sp³-hybridized carbons (Fsp3) is 0.562. The van der Waals surface area contributed by atoms with Gasteiger partial charge in [0.05, 0.1) is 5.56 Å². The standard InChI is InChI=1S/C16H26N2OS.ClH/c1-12(2)20-14-9-7-6-8-13(14)15(19)18(5)11-16(3,4)10-17;/h6-9,12H,10-11,17H2,1-5H3;1H. The summed E-state index contributed by atoms with van der Waals surface area (Å²) in [6, 6.07) is 7.81. The average Bonchev–Trinajstić information content (AvgIpc) is 2.37. The molecule has 5 heteroatoms. The summed E-state index contributed by atoms with van der Waals surface area (Å²) in [6.07, 6.45) is 0. The zero-order chi connectivity index (χ0) is 15.3. The Morgan fingerprint density at radius 2 is 1.90 bits per heavy atom. The van der Waals surface area contributed by atoms with Crippen LogP contribution in [0.15, 0.2) is 29.2 Å². The van der Waals surface area contributed by atoms with E-state index in [2.05, 4.69) is 27.7 Å². The van der Waals surface area contributed by atoms with Gasteiger partial charge in [-0.1, -0.05) is 39.8 Å². The maximum atomic E-state index is 12.6. The third kappa shape index (κ3) is 6.29. The summed E-state index contributed by atoms with van der Waals surface area (Å²) in [5.41, 5.74) is 6.46. The summed E-state index contributed by atoms with van der Waals surface area (Å²) in [6.45, 7) is 9.63. The maximum absolute atomic E-state index is 12.6. The van der Waals surface area contributed by atoms with Crippen molar-refractivity contribution < 1.29 is 4.79 Å². The molecule has 1 aromatic rings. The van der Waals surface area contributed by atoms with Crippen LogP contribution >= 0.6 is 24.2 Å². The molecule has 0 saturated carbocycles. The predicted octanol–water partition coefficient (Wildman–Crippen LogP) is 3.67. The Hall–Kier alpha value is -0.710. The Labute approximate surface area is 139 Å². The summed E-state index contributed by atoms with van der Waals surface area (Å²) < 4.78 is 0. The summed E-state index contributed by atoms with van der Waals surface area (Å²) in [5, 5.41) is 0.453. The molecule has 0 fully saturated rings. The Bertz CT molecular complexity index is 463. The highest BCUT2D eigenvalue weighted by atomic mass is 35.5. The molecule has 0 bridgehead atoms. The van der Waals surface area contributed by atoms with Gasteiger partial charge in [-0.05, 0) is 24.1 Å². The van der Waals surface area contributed by atoms with Crippen LogP contribution in [0.1, 0.15) is 38.1 Å². The minimum absolute atomic E-state index is 0. The number of halogens is 1. The van der Waals surface area contributed by atoms with Gasteiger partial charge in [0.15, 0.2) is 0 Å². The lowest BCUT2D eigenvalue weighted by Crippen LogP contribution is -2.39. The number of nitrogens with two attached hydrogens (primary N) is 1. The van der Waals surface area contributed by atoms with Crippen LogP contribution in [-0.4, -0.2) is 36.2 Å². The molecule has 1 rings (SSSR count). The van der Waals surface area contributed by atoms with Crippen molar-refractivity contribution >= 4 is 30.1 Å². The van der Waals surface area contributed by atoms with Gasteiger partial charge in [0, 0.05) is 23.7 Å². The van der Waals surface area contributed by atoms with Gasteiger partial charge in [0.25, 0.3) is 5.91 Å². The second-order valence-corrected chi connectivity index (χ2v) is 7.81. The first-order valence-corrected chi connectivity index (χ1v) is 7.86. The van der Waals surface area contributed by atoms with E-state index in [1.807, 2.05) is 31.3 Å². The van der Waals surface area contributed by atoms with Gasteiger partial charge < -0.3 is 10.6 Å². The molecule has 0 saturated heterocycles. The van der Waals surface area contributed by atoms with Gasteiger partial charge in [-0.2, -0.15) is 0 Å². The van der Waals surface area contributed by atoms with Crippen LogP contribution in [0.5, 0.6) is 0 Å². The molecule has 120 valence electrons. The molecule has 21 heavy (non-hydrogen) atoms. The number of nitrogens with zero attached hydrogens (tertiary/aromatic N) is 1. The van der Waals surface area contributed by atoms with Crippen LogP contribution in [0, 0.1) is 5.41 Å². The van der Waals surface area contributed by atoms with Gasteiger partial charge >= 0.3 is 0 Å². The highest BCUT2D eigenvalue weighted by Crippen LogP contribution is 2.27. The molecule has 1 aromatic carbocycles.